The molecule has 45 valence electrons. The van der Waals surface area contributed by atoms with Crippen molar-refractivity contribution >= 4 is 40.8 Å². The van der Waals surface area contributed by atoms with E-state index in [1.54, 1.807) is 0 Å². The zero-order chi connectivity index (χ0) is 6.08. The van der Waals surface area contributed by atoms with Gasteiger partial charge in [-0.25, -0.2) is 4.79 Å². The van der Waals surface area contributed by atoms with E-state index in [0.717, 1.165) is 0 Å². The van der Waals surface area contributed by atoms with Gasteiger partial charge >= 0.3 is 5.97 Å². The molecule has 0 saturated carbocycles. The van der Waals surface area contributed by atoms with Crippen molar-refractivity contribution < 1.29 is 42.6 Å². The molecule has 1 radical (unpaired) electrons. The second-order valence-electron chi connectivity index (χ2n) is 0.803. The van der Waals surface area contributed by atoms with E-state index in [4.69, 9.17) is 39.9 Å². The minimum absolute atomic E-state index is 0. The molecule has 0 atom stereocenters. The summed E-state index contributed by atoms with van der Waals surface area (Å²) in [5.41, 5.74) is 0. The second-order valence-corrected chi connectivity index (χ2v) is 3.08. The van der Waals surface area contributed by atoms with E-state index in [2.05, 4.69) is 0 Å². The Morgan fingerprint density at radius 2 is 1.50 bits per heavy atom. The molecule has 0 aliphatic carbocycles. The van der Waals surface area contributed by atoms with Crippen molar-refractivity contribution in [3.63, 3.8) is 0 Å². The van der Waals surface area contributed by atoms with Gasteiger partial charge in [0.1, 0.15) is 0 Å². The average molecular weight is 252 g/mol. The van der Waals surface area contributed by atoms with Crippen molar-refractivity contribution in [2.45, 2.75) is 3.79 Å². The molecule has 0 aliphatic rings. The van der Waals surface area contributed by atoms with Gasteiger partial charge in [0.25, 0.3) is 3.79 Å². The molecular weight excluding hydrogens is 251 g/mol. The van der Waals surface area contributed by atoms with Crippen molar-refractivity contribution in [2.24, 2.45) is 0 Å². The van der Waals surface area contributed by atoms with Gasteiger partial charge in [0, 0.05) is 32.7 Å². The van der Waals surface area contributed by atoms with Crippen LogP contribution >= 0.6 is 34.8 Å². The Hall–Kier alpha value is 1.44. The third-order valence-corrected chi connectivity index (χ3v) is 0.728. The maximum Gasteiger partial charge on any atom is 0.356 e. The molecule has 0 amide bonds. The number of carboxylic acid groups (broad SMARTS) is 1. The van der Waals surface area contributed by atoms with Crippen LogP contribution in [0.4, 0.5) is 0 Å². The van der Waals surface area contributed by atoms with Crippen LogP contribution in [0.5, 0.6) is 0 Å². The molecule has 0 rings (SSSR count). The summed E-state index contributed by atoms with van der Waals surface area (Å²) in [6.07, 6.45) is 0. The Labute approximate surface area is 86.4 Å². The van der Waals surface area contributed by atoms with Crippen LogP contribution < -0.4 is 0 Å². The van der Waals surface area contributed by atoms with Crippen LogP contribution in [-0.2, 0) is 37.5 Å². The normalized spacial score (nSPS) is 9.88. The quantitative estimate of drug-likeness (QED) is 0.662. The number of aliphatic carboxylic acids is 1. The van der Waals surface area contributed by atoms with Crippen LogP contribution in [0.1, 0.15) is 0 Å². The number of carbonyl (C=O) groups is 1. The number of rotatable bonds is 0. The monoisotopic (exact) mass is 251 g/mol. The van der Waals surface area contributed by atoms with Crippen LogP contribution in [0.2, 0.25) is 0 Å². The van der Waals surface area contributed by atoms with Crippen molar-refractivity contribution in [1.82, 2.24) is 0 Å². The van der Waals surface area contributed by atoms with Crippen LogP contribution in [0.25, 0.3) is 0 Å². The van der Waals surface area contributed by atoms with Crippen molar-refractivity contribution in [3.8, 4) is 0 Å². The topological polar surface area (TPSA) is 37.3 Å². The number of hydrogen-bond donors (Lipinski definition) is 1. The fraction of sp³-hybridized carbons (Fsp3) is 0.500. The second kappa shape index (κ2) is 4.29. The van der Waals surface area contributed by atoms with Crippen LogP contribution in [-0.4, -0.2) is 14.9 Å². The molecule has 0 bridgehead atoms. The largest absolute Gasteiger partial charge is 0.478 e. The van der Waals surface area contributed by atoms with Gasteiger partial charge in [-0.15, -0.1) is 0 Å². The van der Waals surface area contributed by atoms with E-state index < -0.39 is 9.76 Å². The predicted octanol–water partition coefficient (Wildman–Crippen LogP) is 1.44. The third-order valence-electron chi connectivity index (χ3n) is 0.243. The summed E-state index contributed by atoms with van der Waals surface area (Å²) in [5, 5.41) is 7.85. The van der Waals surface area contributed by atoms with Crippen LogP contribution in [0.3, 0.4) is 0 Å². The first-order chi connectivity index (χ1) is 2.94. The Morgan fingerprint density at radius 3 is 1.50 bits per heavy atom. The van der Waals surface area contributed by atoms with Gasteiger partial charge in [-0.2, -0.15) is 0 Å². The Bertz CT molecular complexity index is 87.8. The summed E-state index contributed by atoms with van der Waals surface area (Å²) in [6, 6.07) is 0. The zero-order valence-electron chi connectivity index (χ0n) is 3.57. The molecule has 6 heteroatoms. The fourth-order valence-electron chi connectivity index (χ4n) is 0. The number of carboxylic acids is 1. The first-order valence-corrected chi connectivity index (χ1v) is 2.38. The van der Waals surface area contributed by atoms with Gasteiger partial charge in [-0.05, 0) is 0 Å². The molecule has 0 unspecified atom stereocenters. The number of hydrogen-bond acceptors (Lipinski definition) is 1. The van der Waals surface area contributed by atoms with Crippen LogP contribution in [0.15, 0.2) is 0 Å². The van der Waals surface area contributed by atoms with E-state index in [0.29, 0.717) is 0 Å². The fourth-order valence-corrected chi connectivity index (χ4v) is 0. The minimum atomic E-state index is -2.17. The average Bonchev–Trinajstić information content (AvgIpc) is 1.31. The van der Waals surface area contributed by atoms with Gasteiger partial charge in [0.05, 0.1) is 0 Å². The molecule has 0 aromatic rings. The van der Waals surface area contributed by atoms with Gasteiger partial charge in [0.2, 0.25) is 0 Å². The van der Waals surface area contributed by atoms with Crippen molar-refractivity contribution in [3.05, 3.63) is 0 Å². The molecule has 0 saturated heterocycles. The summed E-state index contributed by atoms with van der Waals surface area (Å²) in [7, 11) is 0. The van der Waals surface area contributed by atoms with Gasteiger partial charge in [-0.3, -0.25) is 0 Å². The molecule has 0 heterocycles. The molecule has 2 nitrogen and oxygen atoms in total. The van der Waals surface area contributed by atoms with Gasteiger partial charge in [-0.1, -0.05) is 34.8 Å². The number of alkyl halides is 3. The SMILES string of the molecule is O=C(O)C(Cl)(Cl)Cl.[Y]. The van der Waals surface area contributed by atoms with Crippen LogP contribution in [0, 0.1) is 0 Å². The maximum atomic E-state index is 9.62. The summed E-state index contributed by atoms with van der Waals surface area (Å²) in [6.45, 7) is 0. The standard InChI is InChI=1S/C2HCl3O2.Y/c3-2(4,5)1(6)7;/h(H,6,7);. The zero-order valence-corrected chi connectivity index (χ0v) is 8.67. The minimum Gasteiger partial charge on any atom is -0.478 e. The predicted molar refractivity (Wildman–Crippen MR) is 27.9 cm³/mol. The molecule has 0 fully saturated rings. The van der Waals surface area contributed by atoms with Crippen molar-refractivity contribution in [2.75, 3.05) is 0 Å². The third kappa shape index (κ3) is 5.58. The molecule has 1 N–H and O–H groups in total. The summed E-state index contributed by atoms with van der Waals surface area (Å²) < 4.78 is -2.17. The van der Waals surface area contributed by atoms with E-state index >= 15 is 0 Å². The smallest absolute Gasteiger partial charge is 0.356 e. The van der Waals surface area contributed by atoms with Gasteiger partial charge in [0.15, 0.2) is 0 Å². The summed E-state index contributed by atoms with van der Waals surface area (Å²) >= 11 is 14.4. The Morgan fingerprint density at radius 1 is 1.38 bits per heavy atom. The summed E-state index contributed by atoms with van der Waals surface area (Å²) in [4.78, 5) is 9.62. The Balaban J connectivity index is 0. The van der Waals surface area contributed by atoms with E-state index in [1.165, 1.54) is 0 Å². The molecular formula is C2HCl3O2Y. The molecule has 0 aromatic carbocycles. The van der Waals surface area contributed by atoms with Gasteiger partial charge < -0.3 is 5.11 Å². The van der Waals surface area contributed by atoms with E-state index in [1.807, 2.05) is 0 Å². The first-order valence-electron chi connectivity index (χ1n) is 1.24. The van der Waals surface area contributed by atoms with E-state index in [9.17, 15) is 4.79 Å². The van der Waals surface area contributed by atoms with Crippen molar-refractivity contribution in [1.29, 1.82) is 0 Å². The van der Waals surface area contributed by atoms with E-state index in [-0.39, 0.29) is 32.7 Å². The Kier molecular flexibility index (Phi) is 6.52. The number of halogens is 3. The first kappa shape index (κ1) is 12.2. The maximum absolute atomic E-state index is 9.62. The molecule has 0 aliphatic heterocycles. The molecule has 0 spiro atoms. The summed E-state index contributed by atoms with van der Waals surface area (Å²) in [5.74, 6) is -1.46. The molecule has 8 heavy (non-hydrogen) atoms. The molecule has 0 aromatic heterocycles.